The van der Waals surface area contributed by atoms with E-state index in [1.165, 1.54) is 11.6 Å². The van der Waals surface area contributed by atoms with E-state index >= 15 is 0 Å². The summed E-state index contributed by atoms with van der Waals surface area (Å²) in [5.74, 6) is 0.396. The molecule has 272 valence electrons. The van der Waals surface area contributed by atoms with E-state index in [0.29, 0.717) is 47.5 Å². The summed E-state index contributed by atoms with van der Waals surface area (Å²) < 4.78 is 5.93. The van der Waals surface area contributed by atoms with Gasteiger partial charge in [-0.05, 0) is 97.1 Å². The monoisotopic (exact) mass is 782 g/mol. The number of carbonyl (C=O) groups excluding carboxylic acids is 3. The molecule has 2 aliphatic heterocycles. The topological polar surface area (TPSA) is 139 Å². The van der Waals surface area contributed by atoms with Crippen molar-refractivity contribution in [3.05, 3.63) is 134 Å². The SMILES string of the molecule is CCCN1C(=NC(=O)c2cccc(C#N)c2)Cc2ccc(/C=C/C(=O)OCC)cc21.CCCN1C(=NC(=O)c2cccc(C#N)c2)Cc2ccc(Br)cc21. The third-order valence-corrected chi connectivity index (χ3v) is 9.08. The Bertz CT molecular complexity index is 2250. The molecule has 0 fully saturated rings. The average Bonchev–Trinajstić information content (AvgIpc) is 3.70. The van der Waals surface area contributed by atoms with Crippen LogP contribution in [-0.4, -0.2) is 49.2 Å². The number of fused-ring (bicyclic) bond motifs is 2. The molecule has 0 bridgehead atoms. The van der Waals surface area contributed by atoms with Crippen LogP contribution in [0.5, 0.6) is 0 Å². The van der Waals surface area contributed by atoms with E-state index in [1.54, 1.807) is 61.5 Å². The minimum atomic E-state index is -0.379. The molecule has 0 aromatic heterocycles. The van der Waals surface area contributed by atoms with Crippen LogP contribution in [0.1, 0.15) is 82.1 Å². The van der Waals surface area contributed by atoms with Gasteiger partial charge < -0.3 is 14.5 Å². The number of ether oxygens (including phenoxy) is 1. The van der Waals surface area contributed by atoms with Crippen LogP contribution in [0.4, 0.5) is 11.4 Å². The molecule has 2 aliphatic rings. The zero-order valence-corrected chi connectivity index (χ0v) is 32.0. The molecule has 0 unspecified atom stereocenters. The van der Waals surface area contributed by atoms with E-state index in [9.17, 15) is 14.4 Å². The molecule has 2 heterocycles. The Labute approximate surface area is 323 Å². The van der Waals surface area contributed by atoms with E-state index in [1.807, 2.05) is 41.3 Å². The molecule has 0 aliphatic carbocycles. The first-order valence-electron chi connectivity index (χ1n) is 17.7. The van der Waals surface area contributed by atoms with Gasteiger partial charge in [0, 0.05) is 59.0 Å². The zero-order chi connectivity index (χ0) is 38.6. The molecular weight excluding hydrogens is 744 g/mol. The lowest BCUT2D eigenvalue weighted by atomic mass is 10.1. The highest BCUT2D eigenvalue weighted by Crippen LogP contribution is 2.33. The van der Waals surface area contributed by atoms with Gasteiger partial charge >= 0.3 is 5.97 Å². The summed E-state index contributed by atoms with van der Waals surface area (Å²) in [6.45, 7) is 7.81. The van der Waals surface area contributed by atoms with Crippen molar-refractivity contribution in [3.8, 4) is 12.1 Å². The van der Waals surface area contributed by atoms with Gasteiger partial charge in [-0.1, -0.05) is 60.1 Å². The standard InChI is InChI=1S/C24H23N3O3.C19H16BrN3O/c1-3-12-27-21-14-17(9-11-23(28)30-4-2)8-10-19(21)15-22(27)26-24(29)20-7-5-6-18(13-20)16-25;1-2-8-23-17-11-16(20)7-6-14(17)10-18(23)22-19(24)15-5-3-4-13(9-15)12-21/h5-11,13-14H,3-4,12,15H2,1-2H3;3-7,9,11H,2,8,10H2,1H3/b11-9+,26-22?;. The fourth-order valence-electron chi connectivity index (χ4n) is 6.14. The van der Waals surface area contributed by atoms with Crippen LogP contribution < -0.4 is 9.80 Å². The molecule has 0 N–H and O–H groups in total. The third-order valence-electron chi connectivity index (χ3n) is 8.59. The second kappa shape index (κ2) is 18.5. The Balaban J connectivity index is 0.000000213. The molecule has 0 spiro atoms. The van der Waals surface area contributed by atoms with Gasteiger partial charge in [-0.25, -0.2) is 4.79 Å². The van der Waals surface area contributed by atoms with Crippen molar-refractivity contribution >= 4 is 62.8 Å². The van der Waals surface area contributed by atoms with Crippen LogP contribution in [0.25, 0.3) is 6.08 Å². The molecule has 0 saturated heterocycles. The smallest absolute Gasteiger partial charge is 0.330 e. The third kappa shape index (κ3) is 9.62. The van der Waals surface area contributed by atoms with Gasteiger partial charge in [0.15, 0.2) is 0 Å². The van der Waals surface area contributed by atoms with Crippen molar-refractivity contribution in [2.45, 2.75) is 46.5 Å². The first-order valence-corrected chi connectivity index (χ1v) is 18.5. The minimum Gasteiger partial charge on any atom is -0.463 e. The highest BCUT2D eigenvalue weighted by atomic mass is 79.9. The number of halogens is 1. The lowest BCUT2D eigenvalue weighted by Crippen LogP contribution is -2.28. The van der Waals surface area contributed by atoms with Crippen molar-refractivity contribution in [2.75, 3.05) is 29.5 Å². The van der Waals surface area contributed by atoms with Crippen LogP contribution in [0.3, 0.4) is 0 Å². The molecule has 2 amide bonds. The number of rotatable bonds is 9. The van der Waals surface area contributed by atoms with Crippen LogP contribution in [0, 0.1) is 22.7 Å². The van der Waals surface area contributed by atoms with Gasteiger partial charge in [0.1, 0.15) is 11.7 Å². The number of amidine groups is 2. The van der Waals surface area contributed by atoms with Crippen molar-refractivity contribution in [3.63, 3.8) is 0 Å². The number of hydrogen-bond donors (Lipinski definition) is 0. The highest BCUT2D eigenvalue weighted by molar-refractivity contribution is 9.10. The first kappa shape index (κ1) is 39.0. The van der Waals surface area contributed by atoms with E-state index in [-0.39, 0.29) is 17.8 Å². The normalized spacial score (nSPS) is 14.3. The maximum atomic E-state index is 12.7. The van der Waals surface area contributed by atoms with Gasteiger partial charge in [0.05, 0.1) is 29.9 Å². The van der Waals surface area contributed by atoms with E-state index < -0.39 is 0 Å². The van der Waals surface area contributed by atoms with E-state index in [0.717, 1.165) is 58.7 Å². The van der Waals surface area contributed by atoms with Crippen LogP contribution in [0.15, 0.2) is 105 Å². The summed E-state index contributed by atoms with van der Waals surface area (Å²) in [6, 6.07) is 29.3. The number of carbonyl (C=O) groups is 3. The lowest BCUT2D eigenvalue weighted by molar-refractivity contribution is -0.137. The van der Waals surface area contributed by atoms with Crippen molar-refractivity contribution in [1.29, 1.82) is 10.5 Å². The number of hydrogen-bond acceptors (Lipinski definition) is 6. The van der Waals surface area contributed by atoms with Crippen molar-refractivity contribution in [1.82, 2.24) is 0 Å². The quantitative estimate of drug-likeness (QED) is 0.122. The summed E-state index contributed by atoms with van der Waals surface area (Å²) in [4.78, 5) is 49.6. The summed E-state index contributed by atoms with van der Waals surface area (Å²) in [5.41, 5.74) is 6.94. The molecule has 10 nitrogen and oxygen atoms in total. The fourth-order valence-corrected chi connectivity index (χ4v) is 6.49. The molecule has 4 aromatic carbocycles. The van der Waals surface area contributed by atoms with Crippen LogP contribution in [0.2, 0.25) is 0 Å². The molecule has 4 aromatic rings. The van der Waals surface area contributed by atoms with Crippen LogP contribution in [-0.2, 0) is 22.4 Å². The number of esters is 1. The molecule has 0 saturated carbocycles. The minimum absolute atomic E-state index is 0.310. The molecule has 0 radical (unpaired) electrons. The fraction of sp³-hybridized carbons (Fsp3) is 0.233. The average molecular weight is 784 g/mol. The predicted octanol–water partition coefficient (Wildman–Crippen LogP) is 8.48. The number of anilines is 2. The van der Waals surface area contributed by atoms with Crippen molar-refractivity contribution < 1.29 is 19.1 Å². The zero-order valence-electron chi connectivity index (χ0n) is 30.4. The Morgan fingerprint density at radius 2 is 1.26 bits per heavy atom. The summed E-state index contributed by atoms with van der Waals surface area (Å²) in [5, 5.41) is 18.0. The van der Waals surface area contributed by atoms with E-state index in [2.05, 4.69) is 56.8 Å². The summed E-state index contributed by atoms with van der Waals surface area (Å²) in [7, 11) is 0. The number of aliphatic imine (C=N–C) groups is 2. The van der Waals surface area contributed by atoms with Crippen molar-refractivity contribution in [2.24, 2.45) is 9.98 Å². The van der Waals surface area contributed by atoms with Gasteiger partial charge in [-0.15, -0.1) is 0 Å². The predicted molar refractivity (Wildman–Crippen MR) is 215 cm³/mol. The molecule has 54 heavy (non-hydrogen) atoms. The Hall–Kier alpha value is -6.17. The number of benzene rings is 4. The lowest BCUT2D eigenvalue weighted by Gasteiger charge is -2.19. The van der Waals surface area contributed by atoms with E-state index in [4.69, 9.17) is 15.3 Å². The van der Waals surface area contributed by atoms with Gasteiger partial charge in [-0.2, -0.15) is 20.5 Å². The van der Waals surface area contributed by atoms with Gasteiger partial charge in [0.2, 0.25) is 0 Å². The number of nitrogens with zero attached hydrogens (tertiary/aromatic N) is 6. The molecule has 0 atom stereocenters. The molecule has 11 heteroatoms. The number of amides is 2. The Kier molecular flexibility index (Phi) is 13.4. The maximum absolute atomic E-state index is 12.7. The molecule has 6 rings (SSSR count). The Morgan fingerprint density at radius 1 is 0.741 bits per heavy atom. The largest absolute Gasteiger partial charge is 0.463 e. The van der Waals surface area contributed by atoms with Crippen LogP contribution >= 0.6 is 15.9 Å². The second-order valence-electron chi connectivity index (χ2n) is 12.5. The number of nitriles is 2. The van der Waals surface area contributed by atoms with Gasteiger partial charge in [-0.3, -0.25) is 9.59 Å². The first-order chi connectivity index (χ1) is 26.2. The Morgan fingerprint density at radius 3 is 1.76 bits per heavy atom. The maximum Gasteiger partial charge on any atom is 0.330 e. The van der Waals surface area contributed by atoms with Gasteiger partial charge in [0.25, 0.3) is 11.8 Å². The molecular formula is C43H39BrN6O4. The second-order valence-corrected chi connectivity index (χ2v) is 13.4. The summed E-state index contributed by atoms with van der Waals surface area (Å²) in [6.07, 6.45) is 6.18. The highest BCUT2D eigenvalue weighted by Gasteiger charge is 2.27. The summed E-state index contributed by atoms with van der Waals surface area (Å²) >= 11 is 3.50.